The van der Waals surface area contributed by atoms with Gasteiger partial charge in [0.15, 0.2) is 0 Å². The van der Waals surface area contributed by atoms with Crippen LogP contribution in [-0.4, -0.2) is 17.0 Å². The van der Waals surface area contributed by atoms with Crippen LogP contribution >= 0.6 is 0 Å². The van der Waals surface area contributed by atoms with E-state index < -0.39 is 5.97 Å². The summed E-state index contributed by atoms with van der Waals surface area (Å²) in [5, 5.41) is 12.3. The molecular formula is C20H19NO3. The summed E-state index contributed by atoms with van der Waals surface area (Å²) in [4.78, 5) is 23.7. The van der Waals surface area contributed by atoms with Crippen LogP contribution in [0.1, 0.15) is 40.7 Å². The second kappa shape index (κ2) is 5.48. The van der Waals surface area contributed by atoms with Crippen molar-refractivity contribution in [1.82, 2.24) is 0 Å². The Bertz CT molecular complexity index is 815. The number of carbonyl (C=O) groups excluding carboxylic acids is 1. The predicted octanol–water partition coefficient (Wildman–Crippen LogP) is 3.62. The largest absolute Gasteiger partial charge is 0.481 e. The van der Waals surface area contributed by atoms with E-state index in [2.05, 4.69) is 5.32 Å². The molecule has 0 heterocycles. The van der Waals surface area contributed by atoms with Gasteiger partial charge in [0.25, 0.3) is 5.91 Å². The number of anilines is 1. The van der Waals surface area contributed by atoms with E-state index in [-0.39, 0.29) is 17.2 Å². The quantitative estimate of drug-likeness (QED) is 0.907. The number of aryl methyl sites for hydroxylation is 1. The zero-order chi connectivity index (χ0) is 16.7. The van der Waals surface area contributed by atoms with Crippen molar-refractivity contribution < 1.29 is 14.7 Å². The maximum absolute atomic E-state index is 12.3. The number of carboxylic acid groups (broad SMARTS) is 1. The van der Waals surface area contributed by atoms with Gasteiger partial charge in [0.1, 0.15) is 0 Å². The van der Waals surface area contributed by atoms with Crippen LogP contribution in [0.5, 0.6) is 0 Å². The lowest BCUT2D eigenvalue weighted by molar-refractivity contribution is -0.139. The van der Waals surface area contributed by atoms with Gasteiger partial charge in [0.2, 0.25) is 0 Å². The van der Waals surface area contributed by atoms with Crippen LogP contribution in [0.25, 0.3) is 0 Å². The minimum absolute atomic E-state index is 0.147. The van der Waals surface area contributed by atoms with Crippen LogP contribution in [0.2, 0.25) is 0 Å². The van der Waals surface area contributed by atoms with Crippen LogP contribution in [0.4, 0.5) is 5.69 Å². The molecule has 2 aliphatic carbocycles. The Morgan fingerprint density at radius 1 is 1.12 bits per heavy atom. The maximum Gasteiger partial charge on any atom is 0.307 e. The number of benzene rings is 2. The van der Waals surface area contributed by atoms with Crippen molar-refractivity contribution in [3.05, 3.63) is 65.2 Å². The highest BCUT2D eigenvalue weighted by Gasteiger charge is 2.60. The predicted molar refractivity (Wildman–Crippen MR) is 91.2 cm³/mol. The first-order chi connectivity index (χ1) is 11.6. The fourth-order valence-corrected chi connectivity index (χ4v) is 4.06. The third-order valence-electron chi connectivity index (χ3n) is 5.38. The molecule has 2 aromatic carbocycles. The van der Waals surface area contributed by atoms with Crippen LogP contribution < -0.4 is 5.32 Å². The molecule has 2 atom stereocenters. The minimum Gasteiger partial charge on any atom is -0.481 e. The maximum atomic E-state index is 12.3. The Morgan fingerprint density at radius 2 is 1.92 bits per heavy atom. The number of hydrogen-bond donors (Lipinski definition) is 2. The monoisotopic (exact) mass is 321 g/mol. The number of hydrogen-bond acceptors (Lipinski definition) is 2. The highest BCUT2D eigenvalue weighted by Crippen LogP contribution is 2.60. The van der Waals surface area contributed by atoms with Crippen molar-refractivity contribution in [2.24, 2.45) is 5.92 Å². The number of carboxylic acids is 1. The van der Waals surface area contributed by atoms with E-state index in [1.807, 2.05) is 36.4 Å². The molecule has 4 heteroatoms. The second-order valence-corrected chi connectivity index (χ2v) is 6.80. The Labute approximate surface area is 140 Å². The molecule has 2 N–H and O–H groups in total. The standard InChI is InChI=1S/C20H19NO3/c22-18(14-5-2-1-3-6-14)21-15-9-8-13-7-4-10-20(16(13)11-15)12-17(20)19(23)24/h1-3,5-6,8-9,11,17H,4,7,10,12H2,(H,21,22)(H,23,24). The van der Waals surface area contributed by atoms with E-state index in [4.69, 9.17) is 0 Å². The number of carbonyl (C=O) groups is 2. The summed E-state index contributed by atoms with van der Waals surface area (Å²) in [7, 11) is 0. The first kappa shape index (κ1) is 14.9. The van der Waals surface area contributed by atoms with E-state index in [1.165, 1.54) is 5.56 Å². The molecule has 0 bridgehead atoms. The van der Waals surface area contributed by atoms with E-state index in [9.17, 15) is 14.7 Å². The number of fused-ring (bicyclic) bond motifs is 2. The topological polar surface area (TPSA) is 66.4 Å². The summed E-state index contributed by atoms with van der Waals surface area (Å²) in [5.74, 6) is -1.14. The van der Waals surface area contributed by atoms with E-state index in [0.29, 0.717) is 12.0 Å². The van der Waals surface area contributed by atoms with Gasteiger partial charge in [-0.3, -0.25) is 9.59 Å². The third-order valence-corrected chi connectivity index (χ3v) is 5.38. The lowest BCUT2D eigenvalue weighted by atomic mass is 9.78. The molecule has 2 unspecified atom stereocenters. The fourth-order valence-electron chi connectivity index (χ4n) is 4.06. The van der Waals surface area contributed by atoms with Gasteiger partial charge in [0, 0.05) is 16.7 Å². The SMILES string of the molecule is O=C(Nc1ccc2c(c1)C1(CCC2)CC1C(=O)O)c1ccccc1. The number of amides is 1. The first-order valence-corrected chi connectivity index (χ1v) is 8.33. The van der Waals surface area contributed by atoms with Gasteiger partial charge in [-0.1, -0.05) is 24.3 Å². The van der Waals surface area contributed by atoms with Crippen LogP contribution in [0.3, 0.4) is 0 Å². The van der Waals surface area contributed by atoms with Crippen molar-refractivity contribution >= 4 is 17.6 Å². The summed E-state index contributed by atoms with van der Waals surface area (Å²) < 4.78 is 0. The molecule has 0 aromatic heterocycles. The van der Waals surface area contributed by atoms with Crippen molar-refractivity contribution in [2.75, 3.05) is 5.32 Å². The molecule has 122 valence electrons. The lowest BCUT2D eigenvalue weighted by Gasteiger charge is -2.26. The molecule has 0 radical (unpaired) electrons. The van der Waals surface area contributed by atoms with Crippen molar-refractivity contribution in [1.29, 1.82) is 0 Å². The van der Waals surface area contributed by atoms with E-state index >= 15 is 0 Å². The molecule has 4 rings (SSSR count). The summed E-state index contributed by atoms with van der Waals surface area (Å²) in [6.45, 7) is 0. The Morgan fingerprint density at radius 3 is 2.62 bits per heavy atom. The molecule has 4 nitrogen and oxygen atoms in total. The van der Waals surface area contributed by atoms with Crippen LogP contribution in [0.15, 0.2) is 48.5 Å². The zero-order valence-electron chi connectivity index (χ0n) is 13.3. The zero-order valence-corrected chi connectivity index (χ0v) is 13.3. The smallest absolute Gasteiger partial charge is 0.307 e. The number of aliphatic carboxylic acids is 1. The minimum atomic E-state index is -0.707. The Kier molecular flexibility index (Phi) is 3.41. The fraction of sp³-hybridized carbons (Fsp3) is 0.300. The first-order valence-electron chi connectivity index (χ1n) is 8.33. The molecule has 1 saturated carbocycles. The summed E-state index contributed by atoms with van der Waals surface area (Å²) >= 11 is 0. The van der Waals surface area contributed by atoms with Gasteiger partial charge in [-0.2, -0.15) is 0 Å². The van der Waals surface area contributed by atoms with Crippen molar-refractivity contribution in [3.63, 3.8) is 0 Å². The molecule has 24 heavy (non-hydrogen) atoms. The average molecular weight is 321 g/mol. The summed E-state index contributed by atoms with van der Waals surface area (Å²) in [6, 6.07) is 15.0. The number of rotatable bonds is 3. The average Bonchev–Trinajstić information content (AvgIpc) is 3.32. The Balaban J connectivity index is 1.62. The Hall–Kier alpha value is -2.62. The molecule has 2 aliphatic rings. The molecule has 2 aromatic rings. The van der Waals surface area contributed by atoms with E-state index in [1.54, 1.807) is 12.1 Å². The third kappa shape index (κ3) is 2.39. The van der Waals surface area contributed by atoms with Gasteiger partial charge in [-0.15, -0.1) is 0 Å². The number of nitrogens with one attached hydrogen (secondary N) is 1. The highest BCUT2D eigenvalue weighted by atomic mass is 16.4. The normalized spacial score (nSPS) is 24.2. The van der Waals surface area contributed by atoms with Gasteiger partial charge in [-0.25, -0.2) is 0 Å². The molecular weight excluding hydrogens is 302 g/mol. The molecule has 0 aliphatic heterocycles. The van der Waals surface area contributed by atoms with Gasteiger partial charge in [0.05, 0.1) is 5.92 Å². The summed E-state index contributed by atoms with van der Waals surface area (Å²) in [5.41, 5.74) is 3.47. The van der Waals surface area contributed by atoms with Crippen molar-refractivity contribution in [3.8, 4) is 0 Å². The molecule has 1 fully saturated rings. The molecule has 1 amide bonds. The lowest BCUT2D eigenvalue weighted by Crippen LogP contribution is -2.22. The van der Waals surface area contributed by atoms with Gasteiger partial charge in [-0.05, 0) is 61.1 Å². The van der Waals surface area contributed by atoms with Crippen LogP contribution in [0, 0.1) is 5.92 Å². The van der Waals surface area contributed by atoms with Gasteiger partial charge >= 0.3 is 5.97 Å². The molecule has 1 spiro atoms. The van der Waals surface area contributed by atoms with Gasteiger partial charge < -0.3 is 10.4 Å². The van der Waals surface area contributed by atoms with Crippen LogP contribution in [-0.2, 0) is 16.6 Å². The van der Waals surface area contributed by atoms with E-state index in [0.717, 1.165) is 30.5 Å². The van der Waals surface area contributed by atoms with Crippen molar-refractivity contribution in [2.45, 2.75) is 31.1 Å². The molecule has 0 saturated heterocycles. The highest BCUT2D eigenvalue weighted by molar-refractivity contribution is 6.04. The summed E-state index contributed by atoms with van der Waals surface area (Å²) in [6.07, 6.45) is 3.65. The second-order valence-electron chi connectivity index (χ2n) is 6.80.